The molecule has 0 bridgehead atoms. The molecule has 2 fully saturated rings. The van der Waals surface area contributed by atoms with Gasteiger partial charge in [-0.1, -0.05) is 40.0 Å². The number of rotatable bonds is 6. The summed E-state index contributed by atoms with van der Waals surface area (Å²) in [6.07, 6.45) is 7.70. The van der Waals surface area contributed by atoms with E-state index in [4.69, 9.17) is 4.43 Å². The maximum absolute atomic E-state index is 12.6. The highest BCUT2D eigenvalue weighted by Gasteiger charge is 2.43. The Morgan fingerprint density at radius 3 is 2.34 bits per heavy atom. The first-order valence-corrected chi connectivity index (χ1v) is 14.1. The van der Waals surface area contributed by atoms with E-state index in [1.165, 1.54) is 36.7 Å². The third kappa shape index (κ3) is 5.02. The van der Waals surface area contributed by atoms with Gasteiger partial charge in [-0.2, -0.15) is 4.98 Å². The van der Waals surface area contributed by atoms with Crippen molar-refractivity contribution < 1.29 is 4.43 Å². The van der Waals surface area contributed by atoms with E-state index in [1.807, 2.05) is 0 Å². The SMILES string of the molecule is C[C@H](Nc1nc(=O)n(C2CC(O[Si](C)(C)C(C)(C)C)C2)c(=O)[nH]1)C1CCCCC1. The van der Waals surface area contributed by atoms with Crippen molar-refractivity contribution in [1.82, 2.24) is 14.5 Å². The van der Waals surface area contributed by atoms with Crippen LogP contribution in [0.3, 0.4) is 0 Å². The van der Waals surface area contributed by atoms with Crippen LogP contribution in [0.2, 0.25) is 18.1 Å². The standard InChI is InChI=1S/C21H38N4O3Si/c1-14(15-10-8-7-9-11-15)22-18-23-19(26)25(20(27)24-18)16-12-17(13-16)28-29(5,6)21(2,3)4/h14-17H,7-13H2,1-6H3,(H2,22,23,24,26,27)/t14-,16?,17?/m0/s1. The monoisotopic (exact) mass is 422 g/mol. The summed E-state index contributed by atoms with van der Waals surface area (Å²) in [6.45, 7) is 13.2. The Balaban J connectivity index is 1.62. The zero-order chi connectivity index (χ0) is 21.4. The van der Waals surface area contributed by atoms with Gasteiger partial charge >= 0.3 is 11.4 Å². The molecule has 2 saturated carbocycles. The molecule has 1 aromatic rings. The zero-order valence-corrected chi connectivity index (χ0v) is 19.9. The molecule has 0 saturated heterocycles. The molecule has 1 atom stereocenters. The number of aromatic amines is 1. The molecule has 2 aliphatic carbocycles. The molecule has 2 aliphatic rings. The molecule has 0 aromatic carbocycles. The second kappa shape index (κ2) is 8.38. The van der Waals surface area contributed by atoms with E-state index in [2.05, 4.69) is 56.1 Å². The zero-order valence-electron chi connectivity index (χ0n) is 18.9. The minimum Gasteiger partial charge on any atom is -0.414 e. The van der Waals surface area contributed by atoms with E-state index < -0.39 is 14.0 Å². The summed E-state index contributed by atoms with van der Waals surface area (Å²) in [4.78, 5) is 32.1. The highest BCUT2D eigenvalue weighted by Crippen LogP contribution is 2.42. The van der Waals surface area contributed by atoms with Crippen molar-refractivity contribution in [3.8, 4) is 0 Å². The largest absolute Gasteiger partial charge is 0.414 e. The average Bonchev–Trinajstić information content (AvgIpc) is 2.58. The lowest BCUT2D eigenvalue weighted by Gasteiger charge is -2.44. The molecule has 0 radical (unpaired) electrons. The van der Waals surface area contributed by atoms with Crippen molar-refractivity contribution in [2.45, 2.75) is 109 Å². The lowest BCUT2D eigenvalue weighted by Crippen LogP contribution is -2.51. The maximum Gasteiger partial charge on any atom is 0.355 e. The fourth-order valence-electron chi connectivity index (χ4n) is 4.22. The molecule has 0 aliphatic heterocycles. The van der Waals surface area contributed by atoms with E-state index in [0.29, 0.717) is 24.7 Å². The van der Waals surface area contributed by atoms with E-state index in [-0.39, 0.29) is 28.9 Å². The van der Waals surface area contributed by atoms with Crippen LogP contribution in [0.5, 0.6) is 0 Å². The lowest BCUT2D eigenvalue weighted by atomic mass is 9.85. The number of anilines is 1. The number of hydrogen-bond donors (Lipinski definition) is 2. The Morgan fingerprint density at radius 1 is 1.17 bits per heavy atom. The quantitative estimate of drug-likeness (QED) is 0.676. The van der Waals surface area contributed by atoms with E-state index in [0.717, 1.165) is 0 Å². The van der Waals surface area contributed by atoms with Gasteiger partial charge in [0, 0.05) is 18.2 Å². The first-order chi connectivity index (χ1) is 13.5. The van der Waals surface area contributed by atoms with Crippen LogP contribution in [0.25, 0.3) is 0 Å². The van der Waals surface area contributed by atoms with Crippen molar-refractivity contribution in [2.24, 2.45) is 5.92 Å². The molecule has 8 heteroatoms. The Hall–Kier alpha value is -1.41. The van der Waals surface area contributed by atoms with Gasteiger partial charge in [0.1, 0.15) is 0 Å². The van der Waals surface area contributed by atoms with Crippen LogP contribution in [0.4, 0.5) is 5.95 Å². The summed E-state index contributed by atoms with van der Waals surface area (Å²) in [5.41, 5.74) is -0.845. The van der Waals surface area contributed by atoms with E-state index in [1.54, 1.807) is 0 Å². The number of H-pyrrole nitrogens is 1. The van der Waals surface area contributed by atoms with Crippen molar-refractivity contribution in [3.63, 3.8) is 0 Å². The first kappa shape index (κ1) is 22.3. The van der Waals surface area contributed by atoms with Crippen molar-refractivity contribution in [2.75, 3.05) is 5.32 Å². The second-order valence-electron chi connectivity index (χ2n) is 10.5. The van der Waals surface area contributed by atoms with Gasteiger partial charge in [-0.3, -0.25) is 4.98 Å². The molecule has 29 heavy (non-hydrogen) atoms. The number of hydrogen-bond acceptors (Lipinski definition) is 5. The summed E-state index contributed by atoms with van der Waals surface area (Å²) in [6, 6.07) is 0.0677. The third-order valence-corrected chi connectivity index (χ3v) is 11.8. The summed E-state index contributed by atoms with van der Waals surface area (Å²) >= 11 is 0. The van der Waals surface area contributed by atoms with Gasteiger partial charge in [-0.05, 0) is 56.7 Å². The number of aromatic nitrogens is 3. The Kier molecular flexibility index (Phi) is 6.43. The molecule has 0 amide bonds. The number of nitrogens with one attached hydrogen (secondary N) is 2. The molecular formula is C21H38N4O3Si. The predicted octanol–water partition coefficient (Wildman–Crippen LogP) is 4.04. The van der Waals surface area contributed by atoms with E-state index in [9.17, 15) is 9.59 Å². The van der Waals surface area contributed by atoms with Crippen molar-refractivity contribution in [3.05, 3.63) is 21.0 Å². The first-order valence-electron chi connectivity index (χ1n) is 11.1. The Labute approximate surface area is 174 Å². The topological polar surface area (TPSA) is 89.0 Å². The summed E-state index contributed by atoms with van der Waals surface area (Å²) < 4.78 is 7.66. The molecule has 0 spiro atoms. The molecule has 1 aromatic heterocycles. The molecule has 1 heterocycles. The average molecular weight is 423 g/mol. The predicted molar refractivity (Wildman–Crippen MR) is 119 cm³/mol. The smallest absolute Gasteiger partial charge is 0.355 e. The summed E-state index contributed by atoms with van der Waals surface area (Å²) in [5, 5.41) is 3.40. The lowest BCUT2D eigenvalue weighted by molar-refractivity contribution is 0.0540. The molecule has 2 N–H and O–H groups in total. The van der Waals surface area contributed by atoms with Crippen LogP contribution in [-0.4, -0.2) is 35.0 Å². The second-order valence-corrected chi connectivity index (χ2v) is 15.3. The fraction of sp³-hybridized carbons (Fsp3) is 0.857. The highest BCUT2D eigenvalue weighted by atomic mass is 28.4. The van der Waals surface area contributed by atoms with Crippen LogP contribution in [0, 0.1) is 5.92 Å². The third-order valence-electron chi connectivity index (χ3n) is 7.28. The van der Waals surface area contributed by atoms with Gasteiger partial charge in [-0.15, -0.1) is 0 Å². The summed E-state index contributed by atoms with van der Waals surface area (Å²) in [7, 11) is -1.84. The van der Waals surface area contributed by atoms with Crippen LogP contribution in [0.1, 0.15) is 78.7 Å². The van der Waals surface area contributed by atoms with Gasteiger partial charge in [-0.25, -0.2) is 14.2 Å². The van der Waals surface area contributed by atoms with Gasteiger partial charge in [0.05, 0.1) is 0 Å². The Morgan fingerprint density at radius 2 is 1.79 bits per heavy atom. The fourth-order valence-corrected chi connectivity index (χ4v) is 5.60. The Bertz CT molecular complexity index is 783. The van der Waals surface area contributed by atoms with Crippen LogP contribution >= 0.6 is 0 Å². The van der Waals surface area contributed by atoms with Gasteiger partial charge < -0.3 is 9.74 Å². The summed E-state index contributed by atoms with van der Waals surface area (Å²) in [5.74, 6) is 0.860. The van der Waals surface area contributed by atoms with Gasteiger partial charge in [0.25, 0.3) is 0 Å². The maximum atomic E-state index is 12.6. The van der Waals surface area contributed by atoms with Crippen molar-refractivity contribution in [1.29, 1.82) is 0 Å². The molecular weight excluding hydrogens is 384 g/mol. The molecule has 0 unspecified atom stereocenters. The number of nitrogens with zero attached hydrogens (tertiary/aromatic N) is 2. The van der Waals surface area contributed by atoms with Crippen LogP contribution in [-0.2, 0) is 4.43 Å². The van der Waals surface area contributed by atoms with E-state index >= 15 is 0 Å². The van der Waals surface area contributed by atoms with Crippen LogP contribution < -0.4 is 16.7 Å². The molecule has 164 valence electrons. The highest BCUT2D eigenvalue weighted by molar-refractivity contribution is 6.74. The molecule has 3 rings (SSSR count). The minimum absolute atomic E-state index is 0.122. The minimum atomic E-state index is -1.84. The van der Waals surface area contributed by atoms with Crippen molar-refractivity contribution >= 4 is 14.3 Å². The van der Waals surface area contributed by atoms with Gasteiger partial charge in [0.2, 0.25) is 5.95 Å². The van der Waals surface area contributed by atoms with Gasteiger partial charge in [0.15, 0.2) is 8.32 Å². The normalized spacial score (nSPS) is 24.8. The molecule has 7 nitrogen and oxygen atoms in total. The van der Waals surface area contributed by atoms with Crippen LogP contribution in [0.15, 0.2) is 9.59 Å².